The van der Waals surface area contributed by atoms with Gasteiger partial charge in [-0.1, -0.05) is 6.92 Å². The van der Waals surface area contributed by atoms with Gasteiger partial charge in [-0.25, -0.2) is 0 Å². The summed E-state index contributed by atoms with van der Waals surface area (Å²) in [6.45, 7) is 3.23. The van der Waals surface area contributed by atoms with Crippen molar-refractivity contribution in [2.45, 2.75) is 32.3 Å². The van der Waals surface area contributed by atoms with Crippen molar-refractivity contribution in [1.82, 2.24) is 4.90 Å². The van der Waals surface area contributed by atoms with Gasteiger partial charge in [0.2, 0.25) is 0 Å². The van der Waals surface area contributed by atoms with Crippen molar-refractivity contribution in [2.75, 3.05) is 26.2 Å². The molecule has 3 N–H and O–H groups in total. The molecule has 16 heavy (non-hydrogen) atoms. The predicted molar refractivity (Wildman–Crippen MR) is 59.1 cm³/mol. The fraction of sp³-hybridized carbons (Fsp3) is 0.909. The predicted octanol–water partition coefficient (Wildman–Crippen LogP) is -0.0836. The molecular weight excluding hydrogens is 210 g/mol. The number of aliphatic hydroxyl groups is 2. The van der Waals surface area contributed by atoms with E-state index in [1.807, 2.05) is 11.8 Å². The summed E-state index contributed by atoms with van der Waals surface area (Å²) in [5.74, 6) is -0.752. The molecule has 0 aliphatic carbocycles. The Bertz CT molecular complexity index is 246. The summed E-state index contributed by atoms with van der Waals surface area (Å²) >= 11 is 0. The van der Waals surface area contributed by atoms with Gasteiger partial charge in [-0.15, -0.1) is 0 Å². The zero-order valence-corrected chi connectivity index (χ0v) is 9.72. The van der Waals surface area contributed by atoms with Crippen LogP contribution >= 0.6 is 0 Å². The summed E-state index contributed by atoms with van der Waals surface area (Å²) in [5, 5.41) is 27.4. The minimum atomic E-state index is -0.776. The lowest BCUT2D eigenvalue weighted by Crippen LogP contribution is -2.49. The van der Waals surface area contributed by atoms with Gasteiger partial charge in [-0.05, 0) is 25.8 Å². The lowest BCUT2D eigenvalue weighted by molar-refractivity contribution is -0.153. The highest BCUT2D eigenvalue weighted by molar-refractivity contribution is 5.75. The average Bonchev–Trinajstić information content (AvgIpc) is 2.28. The molecule has 0 amide bonds. The summed E-state index contributed by atoms with van der Waals surface area (Å²) in [6, 6.07) is 0. The zero-order chi connectivity index (χ0) is 12.2. The van der Waals surface area contributed by atoms with Gasteiger partial charge in [0.1, 0.15) is 0 Å². The minimum absolute atomic E-state index is 0.275. The molecular formula is C11H21NO4. The number of β-amino-alcohol motifs (C(OH)–C–C–N with tert-alkyl or cyclic N) is 1. The first-order valence-corrected chi connectivity index (χ1v) is 5.79. The maximum atomic E-state index is 11.3. The molecule has 0 aromatic carbocycles. The first-order valence-electron chi connectivity index (χ1n) is 5.79. The van der Waals surface area contributed by atoms with E-state index in [9.17, 15) is 15.0 Å². The van der Waals surface area contributed by atoms with Crippen LogP contribution in [0.5, 0.6) is 0 Å². The first kappa shape index (κ1) is 13.4. The standard InChI is InChI=1S/C11H21NO4/c1-2-11(10(15)16)4-3-5-12(8-11)6-9(14)7-13/h9,13-14H,2-8H2,1H3,(H,15,16). The highest BCUT2D eigenvalue weighted by atomic mass is 16.4. The maximum Gasteiger partial charge on any atom is 0.310 e. The van der Waals surface area contributed by atoms with Crippen LogP contribution in [-0.2, 0) is 4.79 Å². The van der Waals surface area contributed by atoms with Gasteiger partial charge in [0.15, 0.2) is 0 Å². The number of aliphatic carboxylic acids is 1. The fourth-order valence-corrected chi connectivity index (χ4v) is 2.35. The summed E-state index contributed by atoms with van der Waals surface area (Å²) < 4.78 is 0. The molecule has 0 aromatic heterocycles. The van der Waals surface area contributed by atoms with Crippen LogP contribution in [0.1, 0.15) is 26.2 Å². The minimum Gasteiger partial charge on any atom is -0.481 e. The number of hydrogen-bond acceptors (Lipinski definition) is 4. The van der Waals surface area contributed by atoms with Crippen LogP contribution in [0.2, 0.25) is 0 Å². The summed E-state index contributed by atoms with van der Waals surface area (Å²) in [6.07, 6.45) is 1.36. The number of aliphatic hydroxyl groups excluding tert-OH is 2. The number of nitrogens with zero attached hydrogens (tertiary/aromatic N) is 1. The third-order valence-corrected chi connectivity index (χ3v) is 3.47. The van der Waals surface area contributed by atoms with Gasteiger partial charge in [0.05, 0.1) is 18.1 Å². The van der Waals surface area contributed by atoms with Gasteiger partial charge in [0.25, 0.3) is 0 Å². The van der Waals surface area contributed by atoms with Crippen molar-refractivity contribution in [3.8, 4) is 0 Å². The Morgan fingerprint density at radius 1 is 1.56 bits per heavy atom. The molecule has 2 atom stereocenters. The number of carboxylic acids is 1. The van der Waals surface area contributed by atoms with Crippen LogP contribution in [0, 0.1) is 5.41 Å². The highest BCUT2D eigenvalue weighted by Gasteiger charge is 2.40. The van der Waals surface area contributed by atoms with Crippen molar-refractivity contribution in [3.63, 3.8) is 0 Å². The number of carbonyl (C=O) groups is 1. The van der Waals surface area contributed by atoms with Crippen LogP contribution in [0.4, 0.5) is 0 Å². The first-order chi connectivity index (χ1) is 7.54. The molecule has 0 saturated carbocycles. The van der Waals surface area contributed by atoms with E-state index in [1.54, 1.807) is 0 Å². The van der Waals surface area contributed by atoms with E-state index in [1.165, 1.54) is 0 Å². The molecule has 1 fully saturated rings. The summed E-state index contributed by atoms with van der Waals surface area (Å²) in [4.78, 5) is 13.2. The van der Waals surface area contributed by atoms with Gasteiger partial charge < -0.3 is 15.3 Å². The quantitative estimate of drug-likeness (QED) is 0.616. The number of rotatable bonds is 5. The van der Waals surface area contributed by atoms with E-state index >= 15 is 0 Å². The summed E-state index contributed by atoms with van der Waals surface area (Å²) in [5.41, 5.74) is -0.673. The molecule has 0 radical (unpaired) electrons. The summed E-state index contributed by atoms with van der Waals surface area (Å²) in [7, 11) is 0. The Kier molecular flexibility index (Phi) is 4.70. The second-order valence-electron chi connectivity index (χ2n) is 4.61. The van der Waals surface area contributed by atoms with Crippen molar-refractivity contribution < 1.29 is 20.1 Å². The molecule has 5 heteroatoms. The number of piperidine rings is 1. The van der Waals surface area contributed by atoms with Crippen LogP contribution in [0.25, 0.3) is 0 Å². The maximum absolute atomic E-state index is 11.3. The van der Waals surface area contributed by atoms with Gasteiger partial charge in [-0.2, -0.15) is 0 Å². The molecule has 1 rings (SSSR count). The van der Waals surface area contributed by atoms with Gasteiger partial charge in [-0.3, -0.25) is 9.69 Å². The smallest absolute Gasteiger partial charge is 0.310 e. The Morgan fingerprint density at radius 3 is 2.75 bits per heavy atom. The van der Waals surface area contributed by atoms with Crippen LogP contribution in [0.3, 0.4) is 0 Å². The Labute approximate surface area is 95.7 Å². The van der Waals surface area contributed by atoms with Crippen molar-refractivity contribution in [1.29, 1.82) is 0 Å². The Hall–Kier alpha value is -0.650. The van der Waals surface area contributed by atoms with Crippen molar-refractivity contribution in [3.05, 3.63) is 0 Å². The second-order valence-corrected chi connectivity index (χ2v) is 4.61. The van der Waals surface area contributed by atoms with E-state index in [-0.39, 0.29) is 6.61 Å². The van der Waals surface area contributed by atoms with Crippen molar-refractivity contribution in [2.24, 2.45) is 5.41 Å². The SMILES string of the molecule is CCC1(C(=O)O)CCCN(CC(O)CO)C1. The van der Waals surface area contributed by atoms with E-state index < -0.39 is 17.5 Å². The topological polar surface area (TPSA) is 81.0 Å². The monoisotopic (exact) mass is 231 g/mol. The molecule has 0 aromatic rings. The molecule has 1 saturated heterocycles. The van der Waals surface area contributed by atoms with Crippen LogP contribution in [-0.4, -0.2) is 58.5 Å². The number of hydrogen-bond donors (Lipinski definition) is 3. The fourth-order valence-electron chi connectivity index (χ4n) is 2.35. The Morgan fingerprint density at radius 2 is 2.25 bits per heavy atom. The molecule has 2 unspecified atom stereocenters. The number of likely N-dealkylation sites (tertiary alicyclic amines) is 1. The molecule has 1 aliphatic heterocycles. The molecule has 1 heterocycles. The van der Waals surface area contributed by atoms with Gasteiger partial charge in [0, 0.05) is 13.1 Å². The average molecular weight is 231 g/mol. The zero-order valence-electron chi connectivity index (χ0n) is 9.72. The lowest BCUT2D eigenvalue weighted by Gasteiger charge is -2.39. The van der Waals surface area contributed by atoms with Crippen LogP contribution < -0.4 is 0 Å². The van der Waals surface area contributed by atoms with E-state index in [2.05, 4.69) is 0 Å². The lowest BCUT2D eigenvalue weighted by atomic mass is 9.77. The van der Waals surface area contributed by atoms with E-state index in [0.29, 0.717) is 25.9 Å². The largest absolute Gasteiger partial charge is 0.481 e. The Balaban J connectivity index is 2.61. The molecule has 5 nitrogen and oxygen atoms in total. The molecule has 1 aliphatic rings. The highest BCUT2D eigenvalue weighted by Crippen LogP contribution is 2.33. The molecule has 0 spiro atoms. The van der Waals surface area contributed by atoms with Crippen LogP contribution in [0.15, 0.2) is 0 Å². The normalized spacial score (nSPS) is 28.9. The third-order valence-electron chi connectivity index (χ3n) is 3.47. The molecule has 94 valence electrons. The van der Waals surface area contributed by atoms with E-state index in [0.717, 1.165) is 13.0 Å². The van der Waals surface area contributed by atoms with Crippen molar-refractivity contribution >= 4 is 5.97 Å². The van der Waals surface area contributed by atoms with E-state index in [4.69, 9.17) is 5.11 Å². The molecule has 0 bridgehead atoms. The second kappa shape index (κ2) is 5.61. The number of carboxylic acid groups (broad SMARTS) is 1. The third kappa shape index (κ3) is 2.93. The van der Waals surface area contributed by atoms with Gasteiger partial charge >= 0.3 is 5.97 Å².